The van der Waals surface area contributed by atoms with Crippen LogP contribution in [-0.2, 0) is 9.53 Å². The number of hydrogen-bond acceptors (Lipinski definition) is 4. The lowest BCUT2D eigenvalue weighted by molar-refractivity contribution is -0.303. The Morgan fingerprint density at radius 2 is 1.58 bits per heavy atom. The number of ether oxygens (including phenoxy) is 1. The fourth-order valence-electron chi connectivity index (χ4n) is 10.8. The van der Waals surface area contributed by atoms with Crippen molar-refractivity contribution in [3.05, 3.63) is 0 Å². The van der Waals surface area contributed by atoms with Gasteiger partial charge >= 0.3 is 5.97 Å². The monoisotopic (exact) mass is 504 g/mol. The lowest BCUT2D eigenvalue weighted by Crippen LogP contribution is -2.73. The van der Waals surface area contributed by atoms with Crippen molar-refractivity contribution >= 4 is 5.97 Å². The van der Waals surface area contributed by atoms with Crippen molar-refractivity contribution in [1.29, 1.82) is 0 Å². The number of aliphatic hydroxyl groups is 2. The Balaban J connectivity index is 1.62. The molecule has 4 aliphatic carbocycles. The highest BCUT2D eigenvalue weighted by molar-refractivity contribution is 5.66. The second-order valence-corrected chi connectivity index (χ2v) is 15.5. The number of fused-ring (bicyclic) bond motifs is 5. The number of rotatable bonds is 6. The summed E-state index contributed by atoms with van der Waals surface area (Å²) < 4.78 is 5.79. The van der Waals surface area contributed by atoms with Gasteiger partial charge in [-0.05, 0) is 99.2 Å². The third kappa shape index (κ3) is 3.85. The van der Waals surface area contributed by atoms with Gasteiger partial charge in [-0.2, -0.15) is 0 Å². The van der Waals surface area contributed by atoms with E-state index in [4.69, 9.17) is 4.74 Å². The summed E-state index contributed by atoms with van der Waals surface area (Å²) in [7, 11) is 0. The van der Waals surface area contributed by atoms with E-state index >= 15 is 0 Å². The average Bonchev–Trinajstić information content (AvgIpc) is 3.12. The van der Waals surface area contributed by atoms with Crippen molar-refractivity contribution in [2.45, 2.75) is 150 Å². The molecule has 4 fully saturated rings. The van der Waals surface area contributed by atoms with Crippen molar-refractivity contribution < 1.29 is 19.7 Å². The molecule has 2 N–H and O–H groups in total. The van der Waals surface area contributed by atoms with E-state index in [0.29, 0.717) is 23.7 Å². The second-order valence-electron chi connectivity index (χ2n) is 15.5. The second kappa shape index (κ2) is 8.97. The van der Waals surface area contributed by atoms with Gasteiger partial charge in [-0.1, -0.05) is 61.3 Å². The molecular formula is C32H56O4. The van der Waals surface area contributed by atoms with Crippen molar-refractivity contribution in [1.82, 2.24) is 0 Å². The van der Waals surface area contributed by atoms with E-state index in [9.17, 15) is 15.0 Å². The largest absolute Gasteiger partial charge is 0.462 e. The Hall–Kier alpha value is -0.610. The van der Waals surface area contributed by atoms with Gasteiger partial charge in [0, 0.05) is 17.8 Å². The molecule has 0 amide bonds. The molecule has 4 rings (SSSR count). The molecule has 0 heterocycles. The molecule has 208 valence electrons. The molecule has 4 nitrogen and oxygen atoms in total. The lowest BCUT2D eigenvalue weighted by Gasteiger charge is -2.72. The minimum atomic E-state index is -0.855. The minimum Gasteiger partial charge on any atom is -0.462 e. The SMILES string of the molecule is CC(=O)O[C@H]1CC[C@]2(C)[C@H]3CC[C@@H]4[C@@H]([C@@](C)(O)CCCC(C)C)CC[C@@]4(C)[C@]3(C)CC[C@@]2(O)C1(C)C. The van der Waals surface area contributed by atoms with E-state index in [1.807, 2.05) is 0 Å². The molecule has 4 heteroatoms. The van der Waals surface area contributed by atoms with Gasteiger partial charge in [-0.15, -0.1) is 0 Å². The van der Waals surface area contributed by atoms with Crippen LogP contribution in [0.1, 0.15) is 133 Å². The van der Waals surface area contributed by atoms with E-state index in [1.165, 1.54) is 19.8 Å². The molecule has 9 atom stereocenters. The van der Waals surface area contributed by atoms with Gasteiger partial charge in [0.25, 0.3) is 0 Å². The number of hydrogen-bond donors (Lipinski definition) is 2. The fourth-order valence-corrected chi connectivity index (χ4v) is 10.8. The maximum absolute atomic E-state index is 12.5. The van der Waals surface area contributed by atoms with Crippen LogP contribution in [0.5, 0.6) is 0 Å². The van der Waals surface area contributed by atoms with Gasteiger partial charge in [-0.3, -0.25) is 4.79 Å². The maximum Gasteiger partial charge on any atom is 0.302 e. The molecule has 36 heavy (non-hydrogen) atoms. The molecule has 0 saturated heterocycles. The molecule has 0 bridgehead atoms. The standard InChI is InChI=1S/C32H56O4/c1-21(2)11-10-16-31(9,34)24-14-17-28(6)23(24)12-13-25-29(28,7)19-20-32(35)27(4,5)26(36-22(3)33)15-18-30(25,32)8/h21,23-26,34-35H,10-20H2,1-9H3/t23-,24+,25+,26+,28-,29-,30-,31+,32-/m1/s1. The lowest BCUT2D eigenvalue weighted by atomic mass is 9.34. The van der Waals surface area contributed by atoms with Crippen LogP contribution in [0.25, 0.3) is 0 Å². The van der Waals surface area contributed by atoms with Gasteiger partial charge in [-0.25, -0.2) is 0 Å². The van der Waals surface area contributed by atoms with E-state index < -0.39 is 16.6 Å². The van der Waals surface area contributed by atoms with Gasteiger partial charge < -0.3 is 14.9 Å². The highest BCUT2D eigenvalue weighted by Crippen LogP contribution is 2.76. The molecule has 0 aromatic rings. The summed E-state index contributed by atoms with van der Waals surface area (Å²) >= 11 is 0. The fraction of sp³-hybridized carbons (Fsp3) is 0.969. The predicted octanol–water partition coefficient (Wildman–Crippen LogP) is 7.30. The van der Waals surface area contributed by atoms with Crippen LogP contribution in [-0.4, -0.2) is 33.5 Å². The van der Waals surface area contributed by atoms with Crippen LogP contribution < -0.4 is 0 Å². The van der Waals surface area contributed by atoms with Gasteiger partial charge in [0.1, 0.15) is 6.10 Å². The van der Waals surface area contributed by atoms with Crippen LogP contribution >= 0.6 is 0 Å². The normalized spacial score (nSPS) is 47.4. The summed E-state index contributed by atoms with van der Waals surface area (Å²) in [6.45, 7) is 19.9. The summed E-state index contributed by atoms with van der Waals surface area (Å²) in [6.07, 6.45) is 11.1. The smallest absolute Gasteiger partial charge is 0.302 e. The topological polar surface area (TPSA) is 66.8 Å². The van der Waals surface area contributed by atoms with Crippen LogP contribution in [0.2, 0.25) is 0 Å². The highest BCUT2D eigenvalue weighted by atomic mass is 16.5. The molecule has 4 aliphatic rings. The van der Waals surface area contributed by atoms with Crippen molar-refractivity contribution in [2.75, 3.05) is 0 Å². The Morgan fingerprint density at radius 3 is 2.19 bits per heavy atom. The van der Waals surface area contributed by atoms with Crippen LogP contribution in [0.3, 0.4) is 0 Å². The zero-order valence-electron chi connectivity index (χ0n) is 24.9. The molecule has 0 unspecified atom stereocenters. The number of esters is 1. The third-order valence-corrected chi connectivity index (χ3v) is 13.2. The zero-order chi connectivity index (χ0) is 26.9. The van der Waals surface area contributed by atoms with Crippen LogP contribution in [0.4, 0.5) is 0 Å². The first-order valence-electron chi connectivity index (χ1n) is 15.1. The molecule has 0 radical (unpaired) electrons. The first-order chi connectivity index (χ1) is 16.5. The predicted molar refractivity (Wildman–Crippen MR) is 145 cm³/mol. The first-order valence-corrected chi connectivity index (χ1v) is 15.1. The Bertz CT molecular complexity index is 847. The number of carbonyl (C=O) groups excluding carboxylic acids is 1. The summed E-state index contributed by atoms with van der Waals surface area (Å²) in [5.41, 5.74) is -1.81. The maximum atomic E-state index is 12.5. The van der Waals surface area contributed by atoms with Crippen molar-refractivity contribution in [3.8, 4) is 0 Å². The summed E-state index contributed by atoms with van der Waals surface area (Å²) in [4.78, 5) is 11.9. The van der Waals surface area contributed by atoms with E-state index in [0.717, 1.165) is 57.8 Å². The molecule has 0 spiro atoms. The van der Waals surface area contributed by atoms with Crippen LogP contribution in [0.15, 0.2) is 0 Å². The first kappa shape index (κ1) is 28.4. The van der Waals surface area contributed by atoms with Crippen molar-refractivity contribution in [2.24, 2.45) is 45.3 Å². The van der Waals surface area contributed by atoms with E-state index in [1.54, 1.807) is 0 Å². The molecule has 0 aromatic carbocycles. The molecule has 4 saturated carbocycles. The Morgan fingerprint density at radius 1 is 0.944 bits per heavy atom. The Labute approximate surface area is 221 Å². The van der Waals surface area contributed by atoms with E-state index in [-0.39, 0.29) is 28.3 Å². The van der Waals surface area contributed by atoms with Crippen LogP contribution in [0, 0.1) is 45.3 Å². The van der Waals surface area contributed by atoms with Crippen molar-refractivity contribution in [3.63, 3.8) is 0 Å². The molecule has 0 aromatic heterocycles. The number of carbonyl (C=O) groups is 1. The quantitative estimate of drug-likeness (QED) is 0.373. The third-order valence-electron chi connectivity index (χ3n) is 13.2. The minimum absolute atomic E-state index is 0.143. The molecule has 0 aliphatic heterocycles. The van der Waals surface area contributed by atoms with Gasteiger partial charge in [0.05, 0.1) is 11.2 Å². The summed E-state index contributed by atoms with van der Waals surface area (Å²) in [6, 6.07) is 0. The average molecular weight is 505 g/mol. The Kier molecular flexibility index (Phi) is 7.07. The highest BCUT2D eigenvalue weighted by Gasteiger charge is 2.74. The summed E-state index contributed by atoms with van der Waals surface area (Å²) in [5.74, 6) is 1.80. The summed E-state index contributed by atoms with van der Waals surface area (Å²) in [5, 5.41) is 24.3. The van der Waals surface area contributed by atoms with Gasteiger partial charge in [0.15, 0.2) is 0 Å². The zero-order valence-corrected chi connectivity index (χ0v) is 24.9. The van der Waals surface area contributed by atoms with Gasteiger partial charge in [0.2, 0.25) is 0 Å². The molecular weight excluding hydrogens is 448 g/mol. The van der Waals surface area contributed by atoms with E-state index in [2.05, 4.69) is 55.4 Å².